The van der Waals surface area contributed by atoms with E-state index >= 15 is 0 Å². The quantitative estimate of drug-likeness (QED) is 0.521. The maximum Gasteiger partial charge on any atom is 0.142 e. The molecule has 0 N–H and O–H groups in total. The Morgan fingerprint density at radius 2 is 2.15 bits per heavy atom. The van der Waals surface area contributed by atoms with Gasteiger partial charge in [-0.3, -0.25) is 4.79 Å². The summed E-state index contributed by atoms with van der Waals surface area (Å²) in [5.41, 5.74) is 2.07. The number of benzene rings is 1. The van der Waals surface area contributed by atoms with Crippen molar-refractivity contribution in [1.82, 2.24) is 0 Å². The second-order valence-electron chi connectivity index (χ2n) is 2.74. The molecule has 0 amide bonds. The van der Waals surface area contributed by atoms with Crippen LogP contribution in [0.1, 0.15) is 11.1 Å². The molecule has 0 saturated carbocycles. The first-order valence-corrected chi connectivity index (χ1v) is 4.04. The first-order chi connectivity index (χ1) is 6.27. The Labute approximate surface area is 77.8 Å². The maximum absolute atomic E-state index is 10.1. The molecule has 68 valence electrons. The van der Waals surface area contributed by atoms with Gasteiger partial charge in [0.15, 0.2) is 0 Å². The van der Waals surface area contributed by atoms with Crippen LogP contribution in [0.15, 0.2) is 24.3 Å². The van der Waals surface area contributed by atoms with Gasteiger partial charge in [0.05, 0.1) is 7.11 Å². The molecule has 0 aromatic heterocycles. The van der Waals surface area contributed by atoms with Crippen molar-refractivity contribution < 1.29 is 9.53 Å². The van der Waals surface area contributed by atoms with Gasteiger partial charge in [0.1, 0.15) is 12.0 Å². The lowest BCUT2D eigenvalue weighted by Gasteiger charge is -2.04. The zero-order valence-electron chi connectivity index (χ0n) is 7.78. The van der Waals surface area contributed by atoms with E-state index in [2.05, 4.69) is 0 Å². The Morgan fingerprint density at radius 1 is 1.38 bits per heavy atom. The number of hydrogen-bond donors (Lipinski definition) is 0. The van der Waals surface area contributed by atoms with Crippen LogP contribution >= 0.6 is 0 Å². The van der Waals surface area contributed by atoms with Gasteiger partial charge in [-0.1, -0.05) is 11.6 Å². The largest absolute Gasteiger partial charge is 0.496 e. The highest BCUT2D eigenvalue weighted by atomic mass is 16.5. The molecule has 1 rings (SSSR count). The van der Waals surface area contributed by atoms with E-state index in [0.29, 0.717) is 0 Å². The summed E-state index contributed by atoms with van der Waals surface area (Å²) in [5.74, 6) is 0.781. The van der Waals surface area contributed by atoms with Crippen molar-refractivity contribution in [3.8, 4) is 5.75 Å². The molecule has 2 heteroatoms. The zero-order chi connectivity index (χ0) is 9.68. The molecule has 2 nitrogen and oxygen atoms in total. The van der Waals surface area contributed by atoms with Crippen LogP contribution in [0.25, 0.3) is 6.08 Å². The molecule has 0 fully saturated rings. The summed E-state index contributed by atoms with van der Waals surface area (Å²) in [6, 6.07) is 5.83. The second-order valence-corrected chi connectivity index (χ2v) is 2.74. The molecule has 0 saturated heterocycles. The summed E-state index contributed by atoms with van der Waals surface area (Å²) < 4.78 is 5.13. The monoisotopic (exact) mass is 176 g/mol. The van der Waals surface area contributed by atoms with Crippen molar-refractivity contribution in [3.63, 3.8) is 0 Å². The van der Waals surface area contributed by atoms with E-state index in [1.54, 1.807) is 13.2 Å². The SMILES string of the molecule is COc1ccc(C)cc1/C=C/C=O. The van der Waals surface area contributed by atoms with Crippen molar-refractivity contribution in [2.45, 2.75) is 6.92 Å². The molecule has 0 aliphatic heterocycles. The summed E-state index contributed by atoms with van der Waals surface area (Å²) in [4.78, 5) is 10.1. The summed E-state index contributed by atoms with van der Waals surface area (Å²) in [6.07, 6.45) is 3.94. The van der Waals surface area contributed by atoms with E-state index in [-0.39, 0.29) is 0 Å². The topological polar surface area (TPSA) is 26.3 Å². The lowest BCUT2D eigenvalue weighted by Crippen LogP contribution is -1.87. The van der Waals surface area contributed by atoms with Gasteiger partial charge in [-0.2, -0.15) is 0 Å². The molecule has 0 aliphatic rings. The molecule has 0 atom stereocenters. The third-order valence-electron chi connectivity index (χ3n) is 1.74. The molecule has 0 radical (unpaired) electrons. The van der Waals surface area contributed by atoms with Crippen molar-refractivity contribution >= 4 is 12.4 Å². The number of hydrogen-bond acceptors (Lipinski definition) is 2. The average Bonchev–Trinajstić information content (AvgIpc) is 2.15. The van der Waals surface area contributed by atoms with Crippen LogP contribution < -0.4 is 4.74 Å². The highest BCUT2D eigenvalue weighted by Gasteiger charge is 1.98. The molecule has 0 spiro atoms. The van der Waals surface area contributed by atoms with Crippen LogP contribution in [0.3, 0.4) is 0 Å². The lowest BCUT2D eigenvalue weighted by atomic mass is 10.1. The van der Waals surface area contributed by atoms with Gasteiger partial charge >= 0.3 is 0 Å². The van der Waals surface area contributed by atoms with E-state index in [1.165, 1.54) is 6.08 Å². The Balaban J connectivity index is 3.07. The average molecular weight is 176 g/mol. The number of methoxy groups -OCH3 is 1. The van der Waals surface area contributed by atoms with Gasteiger partial charge in [-0.15, -0.1) is 0 Å². The summed E-state index contributed by atoms with van der Waals surface area (Å²) in [7, 11) is 1.61. The van der Waals surface area contributed by atoms with E-state index < -0.39 is 0 Å². The number of aldehydes is 1. The van der Waals surface area contributed by atoms with Crippen molar-refractivity contribution in [1.29, 1.82) is 0 Å². The number of ether oxygens (including phenoxy) is 1. The first kappa shape index (κ1) is 9.52. The van der Waals surface area contributed by atoms with Gasteiger partial charge in [-0.25, -0.2) is 0 Å². The number of allylic oxidation sites excluding steroid dienone is 1. The summed E-state index contributed by atoms with van der Waals surface area (Å²) >= 11 is 0. The molecule has 0 unspecified atom stereocenters. The van der Waals surface area contributed by atoms with Crippen molar-refractivity contribution in [2.75, 3.05) is 7.11 Å². The van der Waals surface area contributed by atoms with Crippen molar-refractivity contribution in [3.05, 3.63) is 35.4 Å². The smallest absolute Gasteiger partial charge is 0.142 e. The van der Waals surface area contributed by atoms with Gasteiger partial charge < -0.3 is 4.74 Å². The van der Waals surface area contributed by atoms with Crippen LogP contribution in [-0.4, -0.2) is 13.4 Å². The van der Waals surface area contributed by atoms with Crippen LogP contribution in [0, 0.1) is 6.92 Å². The molecule has 1 aromatic rings. The third-order valence-corrected chi connectivity index (χ3v) is 1.74. The van der Waals surface area contributed by atoms with Crippen LogP contribution in [0.4, 0.5) is 0 Å². The minimum atomic E-state index is 0.752. The predicted octanol–water partition coefficient (Wildman–Crippen LogP) is 2.22. The molecule has 0 bridgehead atoms. The van der Waals surface area contributed by atoms with Gasteiger partial charge in [0, 0.05) is 5.56 Å². The number of carbonyl (C=O) groups is 1. The standard InChI is InChI=1S/C11H12O2/c1-9-5-6-11(13-2)10(8-9)4-3-7-12/h3-8H,1-2H3/b4-3+. The highest BCUT2D eigenvalue weighted by molar-refractivity contribution is 5.75. The van der Waals surface area contributed by atoms with E-state index in [0.717, 1.165) is 23.2 Å². The fourth-order valence-corrected chi connectivity index (χ4v) is 1.13. The summed E-state index contributed by atoms with van der Waals surface area (Å²) in [5, 5.41) is 0. The molecule has 1 aromatic carbocycles. The van der Waals surface area contributed by atoms with E-state index in [4.69, 9.17) is 4.74 Å². The highest BCUT2D eigenvalue weighted by Crippen LogP contribution is 2.20. The van der Waals surface area contributed by atoms with Crippen LogP contribution in [-0.2, 0) is 4.79 Å². The molecule has 0 heterocycles. The zero-order valence-corrected chi connectivity index (χ0v) is 7.78. The van der Waals surface area contributed by atoms with E-state index in [1.807, 2.05) is 25.1 Å². The van der Waals surface area contributed by atoms with Gasteiger partial charge in [-0.05, 0) is 31.2 Å². The Bertz CT molecular complexity index is 327. The predicted molar refractivity (Wildman–Crippen MR) is 52.8 cm³/mol. The van der Waals surface area contributed by atoms with Crippen molar-refractivity contribution in [2.24, 2.45) is 0 Å². The second kappa shape index (κ2) is 4.45. The van der Waals surface area contributed by atoms with E-state index in [9.17, 15) is 4.79 Å². The fourth-order valence-electron chi connectivity index (χ4n) is 1.13. The first-order valence-electron chi connectivity index (χ1n) is 4.04. The van der Waals surface area contributed by atoms with Gasteiger partial charge in [0.2, 0.25) is 0 Å². The number of rotatable bonds is 3. The molecule has 13 heavy (non-hydrogen) atoms. The minimum absolute atomic E-state index is 0.752. The molecule has 0 aliphatic carbocycles. The minimum Gasteiger partial charge on any atom is -0.496 e. The summed E-state index contributed by atoms with van der Waals surface area (Å²) in [6.45, 7) is 2.00. The Morgan fingerprint density at radius 3 is 2.77 bits per heavy atom. The molecular formula is C11H12O2. The van der Waals surface area contributed by atoms with Crippen LogP contribution in [0.5, 0.6) is 5.75 Å². The Kier molecular flexibility index (Phi) is 3.26. The van der Waals surface area contributed by atoms with Gasteiger partial charge in [0.25, 0.3) is 0 Å². The third kappa shape index (κ3) is 2.44. The molecular weight excluding hydrogens is 164 g/mol. The van der Waals surface area contributed by atoms with Crippen LogP contribution in [0.2, 0.25) is 0 Å². The normalized spacial score (nSPS) is 10.3. The Hall–Kier alpha value is -1.57. The fraction of sp³-hybridized carbons (Fsp3) is 0.182. The number of aryl methyl sites for hydroxylation is 1. The lowest BCUT2D eigenvalue weighted by molar-refractivity contribution is -0.104. The number of carbonyl (C=O) groups excluding carboxylic acids is 1. The maximum atomic E-state index is 10.1.